The number of hydrogen-bond acceptors (Lipinski definition) is 5. The molecule has 0 saturated heterocycles. The first-order chi connectivity index (χ1) is 15.0. The van der Waals surface area contributed by atoms with E-state index in [4.69, 9.17) is 17.3 Å². The van der Waals surface area contributed by atoms with Crippen molar-refractivity contribution >= 4 is 28.9 Å². The largest absolute Gasteiger partial charge is 0.399 e. The lowest BCUT2D eigenvalue weighted by molar-refractivity contribution is -0.122. The third-order valence-electron chi connectivity index (χ3n) is 7.53. The van der Waals surface area contributed by atoms with Gasteiger partial charge in [-0.05, 0) is 47.3 Å². The molecule has 0 radical (unpaired) electrons. The van der Waals surface area contributed by atoms with Crippen LogP contribution in [0.3, 0.4) is 0 Å². The maximum atomic E-state index is 12.7. The average Bonchev–Trinajstić information content (AvgIpc) is 2.74. The number of aromatic nitrogens is 2. The fourth-order valence-electron chi connectivity index (χ4n) is 4.54. The van der Waals surface area contributed by atoms with E-state index < -0.39 is 5.56 Å². The van der Waals surface area contributed by atoms with Crippen LogP contribution in [-0.4, -0.2) is 21.7 Å². The predicted octanol–water partition coefficient (Wildman–Crippen LogP) is 3.91. The van der Waals surface area contributed by atoms with E-state index in [0.29, 0.717) is 35.7 Å². The number of nitrogens with one attached hydrogen (secondary N) is 2. The molecule has 1 saturated carbocycles. The van der Waals surface area contributed by atoms with Crippen molar-refractivity contribution in [2.75, 3.05) is 11.1 Å². The Morgan fingerprint density at radius 2 is 2.03 bits per heavy atom. The molecule has 1 fully saturated rings. The highest BCUT2D eigenvalue weighted by atomic mass is 35.5. The molecule has 1 aliphatic carbocycles. The molecule has 3 rings (SSSR count). The minimum Gasteiger partial charge on any atom is -0.399 e. The minimum atomic E-state index is -0.485. The summed E-state index contributed by atoms with van der Waals surface area (Å²) in [5.74, 6) is 1.13. The van der Waals surface area contributed by atoms with Gasteiger partial charge in [0.2, 0.25) is 5.91 Å². The summed E-state index contributed by atoms with van der Waals surface area (Å²) >= 11 is 6.39. The van der Waals surface area contributed by atoms with Crippen LogP contribution in [0.2, 0.25) is 5.02 Å². The highest BCUT2D eigenvalue weighted by Crippen LogP contribution is 2.48. The second kappa shape index (κ2) is 9.53. The molecule has 0 spiro atoms. The first-order valence-electron chi connectivity index (χ1n) is 11.1. The fraction of sp³-hybridized carbons (Fsp3) is 0.542. The highest BCUT2D eigenvalue weighted by molar-refractivity contribution is 6.32. The average molecular weight is 460 g/mol. The van der Waals surface area contributed by atoms with Gasteiger partial charge in [-0.15, -0.1) is 0 Å². The summed E-state index contributed by atoms with van der Waals surface area (Å²) in [6.45, 7) is 11.6. The molecule has 8 heteroatoms. The van der Waals surface area contributed by atoms with Gasteiger partial charge in [-0.2, -0.15) is 5.10 Å². The zero-order valence-corrected chi connectivity index (χ0v) is 20.2. The number of rotatable bonds is 6. The zero-order chi connectivity index (χ0) is 23.6. The second-order valence-corrected chi connectivity index (χ2v) is 10.1. The molecule has 0 bridgehead atoms. The van der Waals surface area contributed by atoms with Gasteiger partial charge in [0.25, 0.3) is 5.56 Å². The quantitative estimate of drug-likeness (QED) is 0.568. The minimum absolute atomic E-state index is 0.0565. The molecule has 0 unspecified atom stereocenters. The van der Waals surface area contributed by atoms with Crippen LogP contribution in [0.5, 0.6) is 0 Å². The van der Waals surface area contributed by atoms with Gasteiger partial charge in [-0.3, -0.25) is 9.59 Å². The Morgan fingerprint density at radius 1 is 1.31 bits per heavy atom. The van der Waals surface area contributed by atoms with E-state index in [9.17, 15) is 9.59 Å². The third-order valence-corrected chi connectivity index (χ3v) is 7.90. The van der Waals surface area contributed by atoms with Crippen molar-refractivity contribution in [1.29, 1.82) is 0 Å². The molecule has 32 heavy (non-hydrogen) atoms. The van der Waals surface area contributed by atoms with Crippen molar-refractivity contribution in [1.82, 2.24) is 15.1 Å². The monoisotopic (exact) mass is 459 g/mol. The summed E-state index contributed by atoms with van der Waals surface area (Å²) in [4.78, 5) is 25.0. The van der Waals surface area contributed by atoms with Gasteiger partial charge < -0.3 is 16.4 Å². The Hall–Kier alpha value is -2.54. The summed E-state index contributed by atoms with van der Waals surface area (Å²) in [5.41, 5.74) is 7.55. The maximum absolute atomic E-state index is 12.7. The first kappa shape index (κ1) is 24.1. The second-order valence-electron chi connectivity index (χ2n) is 9.71. The van der Waals surface area contributed by atoms with E-state index in [-0.39, 0.29) is 28.9 Å². The van der Waals surface area contributed by atoms with Crippen LogP contribution in [0.4, 0.5) is 11.4 Å². The number of benzene rings is 1. The van der Waals surface area contributed by atoms with Crippen molar-refractivity contribution in [2.24, 2.45) is 23.2 Å². The molecule has 174 valence electrons. The Kier molecular flexibility index (Phi) is 7.18. The number of carbonyl (C=O) groups excluding carboxylic acids is 1. The van der Waals surface area contributed by atoms with E-state index >= 15 is 0 Å². The summed E-state index contributed by atoms with van der Waals surface area (Å²) in [7, 11) is 0. The molecule has 4 N–H and O–H groups in total. The Balaban J connectivity index is 1.66. The lowest BCUT2D eigenvalue weighted by atomic mass is 9.58. The molecule has 0 aliphatic heterocycles. The van der Waals surface area contributed by atoms with Crippen LogP contribution in [0, 0.1) is 23.2 Å². The summed E-state index contributed by atoms with van der Waals surface area (Å²) in [6.07, 6.45) is 2.53. The molecule has 2 aromatic rings. The molecule has 1 aromatic carbocycles. The highest BCUT2D eigenvalue weighted by Gasteiger charge is 2.43. The van der Waals surface area contributed by atoms with Gasteiger partial charge in [-0.1, -0.05) is 58.4 Å². The first-order valence-corrected chi connectivity index (χ1v) is 11.5. The SMILES string of the molecule is C[C@@H]1[C@@H](C)C(C)(C)[C@@H](C)C[C@H]1Nc1cnn(CC(=O)NCc2cccc(N)c2)c(=O)c1Cl. The molecule has 1 amide bonds. The maximum Gasteiger partial charge on any atom is 0.288 e. The van der Waals surface area contributed by atoms with Crippen molar-refractivity contribution < 1.29 is 4.79 Å². The smallest absolute Gasteiger partial charge is 0.288 e. The number of hydrogen-bond donors (Lipinski definition) is 3. The lowest BCUT2D eigenvalue weighted by Gasteiger charge is -2.50. The number of halogens is 1. The van der Waals surface area contributed by atoms with Crippen molar-refractivity contribution in [3.8, 4) is 0 Å². The molecule has 1 aliphatic rings. The third kappa shape index (κ3) is 5.09. The van der Waals surface area contributed by atoms with E-state index in [2.05, 4.69) is 50.4 Å². The van der Waals surface area contributed by atoms with Crippen molar-refractivity contribution in [3.63, 3.8) is 0 Å². The van der Waals surface area contributed by atoms with Gasteiger partial charge in [0.15, 0.2) is 0 Å². The number of nitrogens with two attached hydrogens (primary N) is 1. The van der Waals surface area contributed by atoms with Crippen molar-refractivity contribution in [3.05, 3.63) is 51.4 Å². The fourth-order valence-corrected chi connectivity index (χ4v) is 4.74. The Bertz CT molecular complexity index is 1040. The van der Waals surface area contributed by atoms with Crippen LogP contribution in [-0.2, 0) is 17.9 Å². The van der Waals surface area contributed by atoms with E-state index in [0.717, 1.165) is 16.7 Å². The molecular formula is C24H34ClN5O2. The topological polar surface area (TPSA) is 102 Å². The van der Waals surface area contributed by atoms with Crippen LogP contribution in [0.25, 0.3) is 0 Å². The standard InChI is InChI=1S/C24H34ClN5O2/c1-14-9-19(15(2)16(3)24(14,4)5)29-20-12-28-30(23(32)22(20)25)13-21(31)27-11-17-7-6-8-18(26)10-17/h6-8,10,12,14-16,19,29H,9,11,13,26H2,1-5H3,(H,27,31)/t14-,15+,16+,19+/m0/s1. The normalized spacial score (nSPS) is 24.7. The van der Waals surface area contributed by atoms with Crippen LogP contribution < -0.4 is 21.9 Å². The number of carbonyl (C=O) groups is 1. The predicted molar refractivity (Wildman–Crippen MR) is 130 cm³/mol. The summed E-state index contributed by atoms with van der Waals surface area (Å²) in [6, 6.07) is 7.46. The molecule has 1 heterocycles. The van der Waals surface area contributed by atoms with Crippen LogP contribution in [0.1, 0.15) is 46.6 Å². The Morgan fingerprint density at radius 3 is 2.72 bits per heavy atom. The lowest BCUT2D eigenvalue weighted by Crippen LogP contribution is -2.48. The zero-order valence-electron chi connectivity index (χ0n) is 19.5. The Labute approximate surface area is 194 Å². The van der Waals surface area contributed by atoms with Gasteiger partial charge in [0.05, 0.1) is 11.9 Å². The van der Waals surface area contributed by atoms with E-state index in [1.54, 1.807) is 12.1 Å². The van der Waals surface area contributed by atoms with Gasteiger partial charge in [-0.25, -0.2) is 4.68 Å². The molecule has 1 aromatic heterocycles. The van der Waals surface area contributed by atoms with Gasteiger partial charge >= 0.3 is 0 Å². The molecule has 4 atom stereocenters. The molecule has 7 nitrogen and oxygen atoms in total. The summed E-state index contributed by atoms with van der Waals surface area (Å²) in [5, 5.41) is 10.5. The summed E-state index contributed by atoms with van der Waals surface area (Å²) < 4.78 is 1.08. The van der Waals surface area contributed by atoms with Gasteiger partial charge in [0, 0.05) is 18.3 Å². The van der Waals surface area contributed by atoms with E-state index in [1.807, 2.05) is 12.1 Å². The van der Waals surface area contributed by atoms with Crippen LogP contribution >= 0.6 is 11.6 Å². The number of amides is 1. The van der Waals surface area contributed by atoms with E-state index in [1.165, 1.54) is 6.20 Å². The van der Waals surface area contributed by atoms with Crippen molar-refractivity contribution in [2.45, 2.75) is 60.2 Å². The molecular weight excluding hydrogens is 426 g/mol. The number of anilines is 2. The number of nitrogen functional groups attached to an aromatic ring is 1. The van der Waals surface area contributed by atoms with Crippen LogP contribution in [0.15, 0.2) is 35.3 Å². The van der Waals surface area contributed by atoms with Gasteiger partial charge in [0.1, 0.15) is 11.6 Å². The number of nitrogens with zero attached hydrogens (tertiary/aromatic N) is 2.